The van der Waals surface area contributed by atoms with E-state index in [4.69, 9.17) is 5.73 Å². The molecule has 110 valence electrons. The van der Waals surface area contributed by atoms with Crippen LogP contribution in [0.4, 0.5) is 0 Å². The molecule has 2 aromatic rings. The smallest absolute Gasteiger partial charge is 0.255 e. The van der Waals surface area contributed by atoms with Gasteiger partial charge in [-0.3, -0.25) is 9.59 Å². The number of amides is 1. The predicted octanol–water partition coefficient (Wildman–Crippen LogP) is 1.96. The van der Waals surface area contributed by atoms with Crippen LogP contribution in [0.5, 0.6) is 0 Å². The number of nitrogens with two attached hydrogens (primary N) is 1. The zero-order valence-electron chi connectivity index (χ0n) is 11.9. The molecule has 1 heterocycles. The van der Waals surface area contributed by atoms with E-state index in [2.05, 4.69) is 9.97 Å². The van der Waals surface area contributed by atoms with E-state index < -0.39 is 5.91 Å². The Hall–Kier alpha value is -2.08. The highest BCUT2D eigenvalue weighted by Crippen LogP contribution is 2.32. The summed E-state index contributed by atoms with van der Waals surface area (Å²) < 4.78 is 0. The fourth-order valence-electron chi connectivity index (χ4n) is 1.98. The van der Waals surface area contributed by atoms with Crippen molar-refractivity contribution in [1.29, 1.82) is 0 Å². The fraction of sp³-hybridized carbons (Fsp3) is 0.267. The minimum absolute atomic E-state index is 0.0899. The van der Waals surface area contributed by atoms with E-state index in [0.29, 0.717) is 16.4 Å². The first-order valence-corrected chi connectivity index (χ1v) is 7.45. The fourth-order valence-corrected chi connectivity index (χ4v) is 2.95. The highest BCUT2D eigenvalue weighted by Gasteiger charge is 2.13. The van der Waals surface area contributed by atoms with Crippen LogP contribution in [0.1, 0.15) is 29.0 Å². The van der Waals surface area contributed by atoms with Gasteiger partial charge in [0.25, 0.3) is 5.56 Å². The number of rotatable bonds is 5. The molecule has 5 nitrogen and oxygen atoms in total. The second kappa shape index (κ2) is 6.58. The molecule has 0 spiro atoms. The summed E-state index contributed by atoms with van der Waals surface area (Å²) in [5, 5.41) is 0.706. The molecule has 0 aliphatic rings. The second-order valence-corrected chi connectivity index (χ2v) is 6.08. The Morgan fingerprint density at radius 2 is 2.05 bits per heavy atom. The number of hydrogen-bond donors (Lipinski definition) is 2. The van der Waals surface area contributed by atoms with Crippen molar-refractivity contribution in [2.45, 2.75) is 30.7 Å². The van der Waals surface area contributed by atoms with Crippen LogP contribution in [0.25, 0.3) is 0 Å². The zero-order chi connectivity index (χ0) is 15.4. The number of nitrogens with zero attached hydrogens (tertiary/aromatic N) is 1. The molecule has 0 aliphatic heterocycles. The third-order valence-corrected chi connectivity index (χ3v) is 4.15. The van der Waals surface area contributed by atoms with E-state index >= 15 is 0 Å². The molecule has 0 radical (unpaired) electrons. The Labute approximate surface area is 127 Å². The van der Waals surface area contributed by atoms with Crippen molar-refractivity contribution in [2.24, 2.45) is 5.73 Å². The molecule has 0 saturated heterocycles. The predicted molar refractivity (Wildman–Crippen MR) is 83.2 cm³/mol. The largest absolute Gasteiger partial charge is 0.369 e. The monoisotopic (exact) mass is 303 g/mol. The van der Waals surface area contributed by atoms with Gasteiger partial charge in [-0.05, 0) is 19.4 Å². The number of aryl methyl sites for hydroxylation is 1. The molecule has 0 aliphatic carbocycles. The number of aromatic amines is 1. The van der Waals surface area contributed by atoms with E-state index in [1.165, 1.54) is 11.8 Å². The summed E-state index contributed by atoms with van der Waals surface area (Å²) in [6, 6.07) is 9.98. The lowest BCUT2D eigenvalue weighted by atomic mass is 10.2. The summed E-state index contributed by atoms with van der Waals surface area (Å²) in [6.45, 7) is 3.76. The molecule has 2 rings (SSSR count). The Morgan fingerprint density at radius 1 is 1.38 bits per heavy atom. The van der Waals surface area contributed by atoms with Gasteiger partial charge in [-0.1, -0.05) is 42.1 Å². The van der Waals surface area contributed by atoms with Gasteiger partial charge in [0, 0.05) is 16.5 Å². The van der Waals surface area contributed by atoms with Crippen molar-refractivity contribution in [3.05, 3.63) is 57.5 Å². The van der Waals surface area contributed by atoms with Crippen LogP contribution >= 0.6 is 11.8 Å². The number of aromatic nitrogens is 2. The van der Waals surface area contributed by atoms with Crippen molar-refractivity contribution in [3.8, 4) is 0 Å². The van der Waals surface area contributed by atoms with Crippen LogP contribution in [-0.2, 0) is 11.2 Å². The van der Waals surface area contributed by atoms with Gasteiger partial charge in [0.2, 0.25) is 5.91 Å². The lowest BCUT2D eigenvalue weighted by molar-refractivity contribution is -0.117. The van der Waals surface area contributed by atoms with E-state index in [9.17, 15) is 9.59 Å². The molecule has 1 aromatic carbocycles. The number of H-pyrrole nitrogens is 1. The first-order valence-electron chi connectivity index (χ1n) is 6.57. The molecule has 1 amide bonds. The molecule has 6 heteroatoms. The zero-order valence-corrected chi connectivity index (χ0v) is 12.7. The van der Waals surface area contributed by atoms with Gasteiger partial charge >= 0.3 is 0 Å². The number of carbonyl (C=O) groups is 1. The Morgan fingerprint density at radius 3 is 2.62 bits per heavy atom. The van der Waals surface area contributed by atoms with E-state index in [0.717, 1.165) is 5.56 Å². The third-order valence-electron chi connectivity index (χ3n) is 3.11. The quantitative estimate of drug-likeness (QED) is 0.653. The van der Waals surface area contributed by atoms with Crippen molar-refractivity contribution in [2.75, 3.05) is 0 Å². The number of hydrogen-bond acceptors (Lipinski definition) is 4. The molecule has 0 bridgehead atoms. The van der Waals surface area contributed by atoms with Crippen molar-refractivity contribution < 1.29 is 4.79 Å². The van der Waals surface area contributed by atoms with Crippen LogP contribution in [0.15, 0.2) is 40.3 Å². The van der Waals surface area contributed by atoms with E-state index in [1.807, 2.05) is 37.3 Å². The van der Waals surface area contributed by atoms with Crippen molar-refractivity contribution in [3.63, 3.8) is 0 Å². The molecular weight excluding hydrogens is 286 g/mol. The van der Waals surface area contributed by atoms with Gasteiger partial charge in [-0.25, -0.2) is 4.98 Å². The molecule has 21 heavy (non-hydrogen) atoms. The van der Waals surface area contributed by atoms with Gasteiger partial charge in [0.05, 0.1) is 6.42 Å². The van der Waals surface area contributed by atoms with Crippen molar-refractivity contribution >= 4 is 17.7 Å². The lowest BCUT2D eigenvalue weighted by Gasteiger charge is -2.11. The minimum Gasteiger partial charge on any atom is -0.369 e. The highest BCUT2D eigenvalue weighted by atomic mass is 32.2. The average Bonchev–Trinajstić information content (AvgIpc) is 2.43. The Kier molecular flexibility index (Phi) is 4.80. The van der Waals surface area contributed by atoms with Gasteiger partial charge in [0.15, 0.2) is 5.16 Å². The van der Waals surface area contributed by atoms with Crippen LogP contribution in [0.3, 0.4) is 0 Å². The Balaban J connectivity index is 2.22. The topological polar surface area (TPSA) is 88.8 Å². The Bertz CT molecular complexity index is 698. The standard InChI is InChI=1S/C15H17N3O2S/c1-9-12(8-13(16)19)14(20)18-15(17-9)21-10(2)11-6-4-3-5-7-11/h3-7,10H,8H2,1-2H3,(H2,16,19)(H,17,18,20). The average molecular weight is 303 g/mol. The lowest BCUT2D eigenvalue weighted by Crippen LogP contribution is -2.24. The summed E-state index contributed by atoms with van der Waals surface area (Å²) in [7, 11) is 0. The van der Waals surface area contributed by atoms with Gasteiger partial charge in [0.1, 0.15) is 0 Å². The van der Waals surface area contributed by atoms with Crippen LogP contribution < -0.4 is 11.3 Å². The van der Waals surface area contributed by atoms with Crippen LogP contribution in [0, 0.1) is 6.92 Å². The molecule has 1 unspecified atom stereocenters. The van der Waals surface area contributed by atoms with Crippen molar-refractivity contribution in [1.82, 2.24) is 9.97 Å². The van der Waals surface area contributed by atoms with E-state index in [1.54, 1.807) is 6.92 Å². The molecule has 3 N–H and O–H groups in total. The molecular formula is C15H17N3O2S. The van der Waals surface area contributed by atoms with Crippen LogP contribution in [0.2, 0.25) is 0 Å². The normalized spacial score (nSPS) is 12.1. The minimum atomic E-state index is -0.538. The first kappa shape index (κ1) is 15.3. The van der Waals surface area contributed by atoms with Gasteiger partial charge in [-0.15, -0.1) is 0 Å². The summed E-state index contributed by atoms with van der Waals surface area (Å²) in [5.74, 6) is -0.538. The summed E-state index contributed by atoms with van der Waals surface area (Å²) in [5.41, 5.74) is 6.86. The maximum absolute atomic E-state index is 12.0. The van der Waals surface area contributed by atoms with Gasteiger partial charge < -0.3 is 10.7 Å². The maximum atomic E-state index is 12.0. The summed E-state index contributed by atoms with van der Waals surface area (Å²) in [4.78, 5) is 30.0. The number of carbonyl (C=O) groups excluding carboxylic acids is 1. The number of primary amides is 1. The maximum Gasteiger partial charge on any atom is 0.255 e. The highest BCUT2D eigenvalue weighted by molar-refractivity contribution is 7.99. The molecule has 1 atom stereocenters. The van der Waals surface area contributed by atoms with E-state index in [-0.39, 0.29) is 17.2 Å². The first-order chi connectivity index (χ1) is 9.97. The molecule has 0 saturated carbocycles. The number of benzene rings is 1. The van der Waals surface area contributed by atoms with Crippen LogP contribution in [-0.4, -0.2) is 15.9 Å². The number of nitrogens with one attached hydrogen (secondary N) is 1. The summed E-state index contributed by atoms with van der Waals surface area (Å²) in [6.07, 6.45) is -0.0899. The molecule has 1 aromatic heterocycles. The molecule has 0 fully saturated rings. The third kappa shape index (κ3) is 3.95. The SMILES string of the molecule is Cc1nc(SC(C)c2ccccc2)[nH]c(=O)c1CC(N)=O. The second-order valence-electron chi connectivity index (χ2n) is 4.75. The summed E-state index contributed by atoms with van der Waals surface area (Å²) >= 11 is 1.47. The van der Waals surface area contributed by atoms with Gasteiger partial charge in [-0.2, -0.15) is 0 Å². The number of thioether (sulfide) groups is 1.